The molecule has 1 fully saturated rings. The maximum Gasteiger partial charge on any atom is 0.339 e. The highest BCUT2D eigenvalue weighted by Gasteiger charge is 2.27. The van der Waals surface area contributed by atoms with Gasteiger partial charge in [-0.15, -0.1) is 0 Å². The van der Waals surface area contributed by atoms with Gasteiger partial charge in [-0.1, -0.05) is 36.4 Å². The third-order valence-corrected chi connectivity index (χ3v) is 6.97. The van der Waals surface area contributed by atoms with E-state index in [9.17, 15) is 13.2 Å². The molecule has 2 heterocycles. The quantitative estimate of drug-likeness (QED) is 0.543. The van der Waals surface area contributed by atoms with Crippen molar-refractivity contribution in [3.05, 3.63) is 65.1 Å². The maximum absolute atomic E-state index is 12.6. The number of benzene rings is 2. The zero-order chi connectivity index (χ0) is 20.3. The Morgan fingerprint density at radius 3 is 2.41 bits per heavy atom. The van der Waals surface area contributed by atoms with E-state index in [4.69, 9.17) is 4.18 Å². The monoisotopic (exact) mass is 428 g/mol. The number of aliphatic imine (C=N–C) groups is 1. The molecular formula is C21H20N2O4S2. The molecule has 2 aliphatic rings. The zero-order valence-corrected chi connectivity index (χ0v) is 17.3. The van der Waals surface area contributed by atoms with Crippen molar-refractivity contribution in [1.82, 2.24) is 4.90 Å². The lowest BCUT2D eigenvalue weighted by Crippen LogP contribution is -2.33. The summed E-state index contributed by atoms with van der Waals surface area (Å²) >= 11 is 1.33. The predicted octanol–water partition coefficient (Wildman–Crippen LogP) is 3.91. The van der Waals surface area contributed by atoms with E-state index < -0.39 is 10.1 Å². The molecule has 8 heteroatoms. The van der Waals surface area contributed by atoms with Gasteiger partial charge in [0.2, 0.25) is 0 Å². The summed E-state index contributed by atoms with van der Waals surface area (Å²) in [6.07, 6.45) is 5.04. The molecule has 29 heavy (non-hydrogen) atoms. The molecule has 0 N–H and O–H groups in total. The number of likely N-dealkylation sites (tertiary alicyclic amines) is 1. The van der Waals surface area contributed by atoms with Gasteiger partial charge in [0.25, 0.3) is 5.91 Å². The van der Waals surface area contributed by atoms with Crippen molar-refractivity contribution in [3.8, 4) is 5.75 Å². The number of amides is 1. The third kappa shape index (κ3) is 4.54. The van der Waals surface area contributed by atoms with E-state index in [1.807, 2.05) is 0 Å². The number of hydrogen-bond acceptors (Lipinski definition) is 6. The number of nitrogens with zero attached hydrogens (tertiary/aromatic N) is 2. The topological polar surface area (TPSA) is 76.0 Å². The molecule has 0 bridgehead atoms. The van der Waals surface area contributed by atoms with Crippen LogP contribution in [0.3, 0.4) is 0 Å². The second-order valence-electron chi connectivity index (χ2n) is 6.75. The van der Waals surface area contributed by atoms with Crippen LogP contribution in [0.25, 0.3) is 6.08 Å². The van der Waals surface area contributed by atoms with Crippen LogP contribution in [0.2, 0.25) is 0 Å². The van der Waals surface area contributed by atoms with E-state index in [2.05, 4.69) is 9.89 Å². The molecule has 150 valence electrons. The first-order valence-corrected chi connectivity index (χ1v) is 11.6. The van der Waals surface area contributed by atoms with Gasteiger partial charge < -0.3 is 9.08 Å². The number of para-hydroxylation sites is 1. The van der Waals surface area contributed by atoms with Crippen molar-refractivity contribution in [2.24, 2.45) is 4.99 Å². The summed E-state index contributed by atoms with van der Waals surface area (Å²) in [7, 11) is -3.97. The average Bonchev–Trinajstić information content (AvgIpc) is 3.11. The van der Waals surface area contributed by atoms with Crippen molar-refractivity contribution in [1.29, 1.82) is 0 Å². The molecule has 0 aromatic heterocycles. The van der Waals surface area contributed by atoms with Gasteiger partial charge in [-0.3, -0.25) is 4.79 Å². The lowest BCUT2D eigenvalue weighted by atomic mass is 10.1. The highest BCUT2D eigenvalue weighted by Crippen LogP contribution is 2.33. The van der Waals surface area contributed by atoms with E-state index in [1.54, 1.807) is 48.5 Å². The molecular weight excluding hydrogens is 408 g/mol. The Morgan fingerprint density at radius 2 is 1.66 bits per heavy atom. The molecule has 0 atom stereocenters. The van der Waals surface area contributed by atoms with Gasteiger partial charge in [0.1, 0.15) is 10.6 Å². The van der Waals surface area contributed by atoms with Crippen LogP contribution >= 0.6 is 11.8 Å². The molecule has 0 aliphatic carbocycles. The number of thioether (sulfide) groups is 1. The average molecular weight is 429 g/mol. The minimum atomic E-state index is -3.97. The molecule has 6 nitrogen and oxygen atoms in total. The van der Waals surface area contributed by atoms with E-state index in [-0.39, 0.29) is 16.6 Å². The molecule has 0 radical (unpaired) electrons. The van der Waals surface area contributed by atoms with Crippen molar-refractivity contribution in [3.63, 3.8) is 0 Å². The van der Waals surface area contributed by atoms with Crippen LogP contribution in [0.1, 0.15) is 24.8 Å². The molecule has 2 aliphatic heterocycles. The fourth-order valence-corrected chi connectivity index (χ4v) is 5.12. The van der Waals surface area contributed by atoms with Gasteiger partial charge in [-0.25, -0.2) is 0 Å². The molecule has 2 aromatic carbocycles. The molecule has 4 rings (SSSR count). The summed E-state index contributed by atoms with van der Waals surface area (Å²) in [6.45, 7) is 1.81. The van der Waals surface area contributed by atoms with Crippen molar-refractivity contribution >= 4 is 39.0 Å². The number of carbonyl (C=O) groups excluding carboxylic acids is 1. The molecule has 1 amide bonds. The first-order chi connectivity index (χ1) is 14.0. The summed E-state index contributed by atoms with van der Waals surface area (Å²) < 4.78 is 30.5. The normalized spacial score (nSPS) is 18.8. The number of amidine groups is 1. The summed E-state index contributed by atoms with van der Waals surface area (Å²) in [5.41, 5.74) is 0.512. The molecule has 0 saturated carbocycles. The summed E-state index contributed by atoms with van der Waals surface area (Å²) in [5.74, 6) is -0.139. The van der Waals surface area contributed by atoms with Gasteiger partial charge in [-0.05, 0) is 55.3 Å². The minimum absolute atomic E-state index is 0.0736. The van der Waals surface area contributed by atoms with E-state index in [1.165, 1.54) is 30.3 Å². The summed E-state index contributed by atoms with van der Waals surface area (Å²) in [4.78, 5) is 19.2. The smallest absolute Gasteiger partial charge is 0.339 e. The molecule has 1 saturated heterocycles. The Hall–Kier alpha value is -2.58. The first kappa shape index (κ1) is 19.7. The highest BCUT2D eigenvalue weighted by atomic mass is 32.2. The number of hydrogen-bond donors (Lipinski definition) is 0. The second-order valence-corrected chi connectivity index (χ2v) is 9.30. The van der Waals surface area contributed by atoms with Gasteiger partial charge in [0.15, 0.2) is 5.17 Å². The van der Waals surface area contributed by atoms with Crippen LogP contribution in [0.5, 0.6) is 5.75 Å². The van der Waals surface area contributed by atoms with E-state index in [0.717, 1.165) is 31.1 Å². The Bertz CT molecular complexity index is 1070. The van der Waals surface area contributed by atoms with Crippen LogP contribution in [0.15, 0.2) is 69.4 Å². The van der Waals surface area contributed by atoms with Crippen molar-refractivity contribution in [2.45, 2.75) is 24.2 Å². The Morgan fingerprint density at radius 1 is 0.966 bits per heavy atom. The Balaban J connectivity index is 1.57. The van der Waals surface area contributed by atoms with Gasteiger partial charge >= 0.3 is 10.1 Å². The SMILES string of the molecule is O=C1N=C(N2CCCCC2)S/C1=C/c1ccccc1OS(=O)(=O)c1ccccc1. The molecule has 0 spiro atoms. The van der Waals surface area contributed by atoms with Crippen LogP contribution in [0, 0.1) is 0 Å². The minimum Gasteiger partial charge on any atom is -0.378 e. The van der Waals surface area contributed by atoms with Gasteiger partial charge in [0, 0.05) is 18.7 Å². The van der Waals surface area contributed by atoms with Crippen LogP contribution in [-0.2, 0) is 14.9 Å². The third-order valence-electron chi connectivity index (χ3n) is 4.67. The van der Waals surface area contributed by atoms with E-state index >= 15 is 0 Å². The van der Waals surface area contributed by atoms with Crippen molar-refractivity contribution < 1.29 is 17.4 Å². The summed E-state index contributed by atoms with van der Waals surface area (Å²) in [5, 5.41) is 0.719. The second kappa shape index (κ2) is 8.42. The van der Waals surface area contributed by atoms with Gasteiger partial charge in [0.05, 0.1) is 4.91 Å². The molecule has 0 unspecified atom stereocenters. The Kier molecular flexibility index (Phi) is 5.73. The largest absolute Gasteiger partial charge is 0.378 e. The maximum atomic E-state index is 12.6. The number of carbonyl (C=O) groups is 1. The van der Waals surface area contributed by atoms with Crippen molar-refractivity contribution in [2.75, 3.05) is 13.1 Å². The summed E-state index contributed by atoms with van der Waals surface area (Å²) in [6, 6.07) is 14.7. The van der Waals surface area contributed by atoms with Crippen LogP contribution < -0.4 is 4.18 Å². The number of rotatable bonds is 4. The highest BCUT2D eigenvalue weighted by molar-refractivity contribution is 8.18. The molecule has 2 aromatic rings. The standard InChI is InChI=1S/C21H20N2O4S2/c24-20-19(28-21(22-20)23-13-7-2-8-14-23)15-16-9-5-6-12-18(16)27-29(25,26)17-10-3-1-4-11-17/h1,3-6,9-12,15H,2,7-8,13-14H2/b19-15+. The van der Waals surface area contributed by atoms with Gasteiger partial charge in [-0.2, -0.15) is 13.4 Å². The fraction of sp³-hybridized carbons (Fsp3) is 0.238. The Labute approximate surface area is 174 Å². The fourth-order valence-electron chi connectivity index (χ4n) is 3.19. The van der Waals surface area contributed by atoms with E-state index in [0.29, 0.717) is 10.5 Å². The lowest BCUT2D eigenvalue weighted by molar-refractivity contribution is -0.113. The van der Waals surface area contributed by atoms with Crippen LogP contribution in [-0.4, -0.2) is 37.5 Å². The van der Waals surface area contributed by atoms with Crippen LogP contribution in [0.4, 0.5) is 0 Å². The zero-order valence-electron chi connectivity index (χ0n) is 15.7. The lowest BCUT2D eigenvalue weighted by Gasteiger charge is -2.27. The predicted molar refractivity (Wildman–Crippen MR) is 114 cm³/mol. The first-order valence-electron chi connectivity index (χ1n) is 9.39. The number of piperidine rings is 1.